The number of unbranched alkanes of at least 4 members (excludes halogenated alkanes) is 4. The molecule has 18 nitrogen and oxygen atoms in total. The quantitative estimate of drug-likeness (QED) is 0.0263. The Kier molecular flexibility index (Phi) is 54.0. The van der Waals surface area contributed by atoms with Crippen LogP contribution in [0.1, 0.15) is 295 Å². The van der Waals surface area contributed by atoms with E-state index in [9.17, 15) is 47.9 Å². The van der Waals surface area contributed by atoms with Gasteiger partial charge >= 0.3 is 0 Å². The maximum atomic E-state index is 13.1. The lowest BCUT2D eigenvalue weighted by molar-refractivity contribution is -0.132. The number of carbonyl (C=O) groups excluding carboxylic acids is 10. The first kappa shape index (κ1) is 93.1. The van der Waals surface area contributed by atoms with E-state index in [1.54, 1.807) is 41.5 Å². The Balaban J connectivity index is -0.00000135. The minimum atomic E-state index is -0.859. The van der Waals surface area contributed by atoms with Crippen LogP contribution >= 0.6 is 0 Å². The molecule has 3 amide bonds. The summed E-state index contributed by atoms with van der Waals surface area (Å²) in [6.07, 6.45) is 13.6. The maximum Gasteiger partial charge on any atom is 0.220 e. The minimum Gasteiger partial charge on any atom is -0.356 e. The van der Waals surface area contributed by atoms with Gasteiger partial charge in [0.05, 0.1) is 30.2 Å². The van der Waals surface area contributed by atoms with Crippen molar-refractivity contribution in [3.63, 3.8) is 0 Å². The Morgan fingerprint density at radius 3 is 1.00 bits per heavy atom. The largest absolute Gasteiger partial charge is 0.356 e. The summed E-state index contributed by atoms with van der Waals surface area (Å²) in [5.41, 5.74) is 0. The first-order chi connectivity index (χ1) is 43.2. The van der Waals surface area contributed by atoms with Gasteiger partial charge in [-0.15, -0.1) is 0 Å². The number of carbonyl (C=O) groups is 10. The van der Waals surface area contributed by atoms with E-state index in [1.165, 1.54) is 6.42 Å². The highest BCUT2D eigenvalue weighted by atomic mass is 16.2. The van der Waals surface area contributed by atoms with Gasteiger partial charge in [0.25, 0.3) is 0 Å². The van der Waals surface area contributed by atoms with Gasteiger partial charge in [-0.2, -0.15) is 0 Å². The van der Waals surface area contributed by atoms with Gasteiger partial charge in [0.1, 0.15) is 17.3 Å². The van der Waals surface area contributed by atoms with Crippen molar-refractivity contribution in [3.8, 4) is 0 Å². The van der Waals surface area contributed by atoms with Gasteiger partial charge in [0, 0.05) is 110 Å². The van der Waals surface area contributed by atoms with Crippen molar-refractivity contribution in [2.75, 3.05) is 19.6 Å². The molecule has 0 saturated carbocycles. The Morgan fingerprint density at radius 2 is 0.613 bits per heavy atom. The molecule has 0 aromatic carbocycles. The molecule has 0 aliphatic heterocycles. The van der Waals surface area contributed by atoms with Crippen LogP contribution in [0.3, 0.4) is 0 Å². The van der Waals surface area contributed by atoms with Crippen molar-refractivity contribution in [1.29, 1.82) is 0 Å². The third-order valence-corrected chi connectivity index (χ3v) is 16.1. The van der Waals surface area contributed by atoms with Crippen LogP contribution in [-0.4, -0.2) is 138 Å². The lowest BCUT2D eigenvalue weighted by Crippen LogP contribution is -2.46. The Hall–Kier alpha value is -4.10. The molecule has 0 aliphatic rings. The Morgan fingerprint density at radius 1 is 0.269 bits per heavy atom. The van der Waals surface area contributed by atoms with Crippen LogP contribution in [0.2, 0.25) is 0 Å². The number of amides is 3. The van der Waals surface area contributed by atoms with Crippen LogP contribution in [0.4, 0.5) is 0 Å². The van der Waals surface area contributed by atoms with Crippen LogP contribution in [-0.2, 0) is 47.9 Å². The number of rotatable bonds is 53. The lowest BCUT2D eigenvalue weighted by atomic mass is 9.85. The lowest BCUT2D eigenvalue weighted by Gasteiger charge is -2.24. The van der Waals surface area contributed by atoms with E-state index in [1.807, 2.05) is 55.4 Å². The maximum absolute atomic E-state index is 13.1. The van der Waals surface area contributed by atoms with Gasteiger partial charge in [0.15, 0.2) is 23.1 Å². The van der Waals surface area contributed by atoms with Crippen molar-refractivity contribution in [3.05, 3.63) is 0 Å². The van der Waals surface area contributed by atoms with Crippen LogP contribution in [0, 0.1) is 47.3 Å². The molecule has 0 spiro atoms. The van der Waals surface area contributed by atoms with Crippen molar-refractivity contribution in [2.45, 2.75) is 355 Å². The zero-order chi connectivity index (χ0) is 72.1. The summed E-state index contributed by atoms with van der Waals surface area (Å²) in [7, 11) is 0. The SMILES string of the molecule is CC(C)CCCCC(=O)NCCCCC(NC(C)C)C(=O)C(C)C.CC(C)NC(CCC(=O)NC(CCC(=O)NC(CCC(=O)C(C)C)C(=O)C(C)C)C(=O)C(C)C)C(=O)C(C)C.CC(C)NCCCCC(CC(=O)C(CCCCNC(C)C)NC(C)C)C(=O)C(C)C. The number of hydrogen-bond donors (Lipinski definition) is 8. The van der Waals surface area contributed by atoms with E-state index in [-0.39, 0.29) is 150 Å². The minimum absolute atomic E-state index is 0.0183. The predicted octanol–water partition coefficient (Wildman–Crippen LogP) is 12.1. The normalized spacial score (nSPS) is 13.8. The van der Waals surface area contributed by atoms with Gasteiger partial charge in [-0.3, -0.25) is 47.9 Å². The third-order valence-electron chi connectivity index (χ3n) is 16.1. The molecule has 0 saturated heterocycles. The second-order valence-electron chi connectivity index (χ2n) is 29.9. The average molecular weight is 1320 g/mol. The molecule has 6 unspecified atom stereocenters. The van der Waals surface area contributed by atoms with Crippen molar-refractivity contribution < 1.29 is 47.9 Å². The monoisotopic (exact) mass is 1320 g/mol. The standard InChI is InChI=1S/C30H53N3O6.C25H51N3O2.C20H40N2O2/c1-17(2)25(34)14-11-23(29(38)19(5)6)32-27(36)16-13-24(30(39)20(7)8)33-26(35)15-12-22(31-21(9)10)28(37)18(3)4;1-18(2)25(30)22(13-9-11-15-26-19(3)4)17-24(29)23(28-21(7)8)14-10-12-16-27-20(5)6;1-15(2)11-7-8-13-19(23)21-14-10-9-12-18(22-17(5)6)20(24)16(3)4/h17-24,31H,11-16H2,1-10H3,(H,32,36)(H,33,35);18-23,26-28H,9-17H2,1-8H3;15-18,22H,7-14H2,1-6H3,(H,21,23). The van der Waals surface area contributed by atoms with Crippen LogP contribution in [0.25, 0.3) is 0 Å². The molecule has 0 aromatic rings. The molecule has 0 radical (unpaired) electrons. The molecule has 93 heavy (non-hydrogen) atoms. The summed E-state index contributed by atoms with van der Waals surface area (Å²) in [5, 5.41) is 25.4. The summed E-state index contributed by atoms with van der Waals surface area (Å²) in [6, 6.07) is -0.681. The zero-order valence-corrected chi connectivity index (χ0v) is 63.7. The molecule has 0 aliphatic carbocycles. The molecule has 0 aromatic heterocycles. The van der Waals surface area contributed by atoms with Crippen LogP contribution < -0.4 is 42.5 Å². The number of ketones is 7. The fraction of sp³-hybridized carbons (Fsp3) is 0.867. The molecule has 544 valence electrons. The first-order valence-corrected chi connectivity index (χ1v) is 36.6. The smallest absolute Gasteiger partial charge is 0.220 e. The molecule has 8 N–H and O–H groups in total. The predicted molar refractivity (Wildman–Crippen MR) is 384 cm³/mol. The van der Waals surface area contributed by atoms with Crippen molar-refractivity contribution in [2.24, 2.45) is 47.3 Å². The van der Waals surface area contributed by atoms with Crippen molar-refractivity contribution >= 4 is 58.2 Å². The second-order valence-corrected chi connectivity index (χ2v) is 29.9. The first-order valence-electron chi connectivity index (χ1n) is 36.6. The van der Waals surface area contributed by atoms with E-state index in [2.05, 4.69) is 112 Å². The summed E-state index contributed by atoms with van der Waals surface area (Å²) in [6.45, 7) is 49.9. The second kappa shape index (κ2) is 54.0. The third kappa shape index (κ3) is 50.0. The summed E-state index contributed by atoms with van der Waals surface area (Å²) in [4.78, 5) is 126. The number of Topliss-reactive ketones (excluding diaryl/α,β-unsaturated/α-hetero) is 7. The highest BCUT2D eigenvalue weighted by Crippen LogP contribution is 2.22. The number of hydrogen-bond acceptors (Lipinski definition) is 15. The molecular weight excluding hydrogens is 1170 g/mol. The molecule has 0 fully saturated rings. The highest BCUT2D eigenvalue weighted by Gasteiger charge is 2.31. The summed E-state index contributed by atoms with van der Waals surface area (Å²) < 4.78 is 0. The molecule has 18 heteroatoms. The van der Waals surface area contributed by atoms with Gasteiger partial charge in [-0.05, 0) is 89.6 Å². The summed E-state index contributed by atoms with van der Waals surface area (Å²) in [5.74, 6) is -0.526. The van der Waals surface area contributed by atoms with E-state index >= 15 is 0 Å². The summed E-state index contributed by atoms with van der Waals surface area (Å²) >= 11 is 0. The molecule has 0 rings (SSSR count). The van der Waals surface area contributed by atoms with Gasteiger partial charge in [-0.25, -0.2) is 0 Å². The fourth-order valence-electron chi connectivity index (χ4n) is 10.6. The average Bonchev–Trinajstić information content (AvgIpc) is 2.55. The van der Waals surface area contributed by atoms with Gasteiger partial charge < -0.3 is 42.5 Å². The van der Waals surface area contributed by atoms with E-state index in [0.717, 1.165) is 83.7 Å². The van der Waals surface area contributed by atoms with Crippen LogP contribution in [0.15, 0.2) is 0 Å². The van der Waals surface area contributed by atoms with Gasteiger partial charge in [0.2, 0.25) is 17.7 Å². The molecule has 6 atom stereocenters. The molecule has 0 heterocycles. The van der Waals surface area contributed by atoms with E-state index in [0.29, 0.717) is 49.9 Å². The topological polar surface area (TPSA) is 267 Å². The Labute approximate surface area is 568 Å². The Bertz CT molecular complexity index is 2100. The van der Waals surface area contributed by atoms with E-state index in [4.69, 9.17) is 0 Å². The fourth-order valence-corrected chi connectivity index (χ4v) is 10.6. The molecule has 0 bridgehead atoms. The van der Waals surface area contributed by atoms with Crippen molar-refractivity contribution in [1.82, 2.24) is 42.5 Å². The van der Waals surface area contributed by atoms with Gasteiger partial charge in [-0.1, -0.05) is 192 Å². The van der Waals surface area contributed by atoms with Crippen LogP contribution in [0.5, 0.6) is 0 Å². The molecular formula is C75H144N8O10. The van der Waals surface area contributed by atoms with E-state index < -0.39 is 24.0 Å². The highest BCUT2D eigenvalue weighted by molar-refractivity contribution is 5.94. The zero-order valence-electron chi connectivity index (χ0n) is 63.7. The number of nitrogens with one attached hydrogen (secondary N) is 8.